The molecule has 0 radical (unpaired) electrons. The van der Waals surface area contributed by atoms with E-state index in [0.29, 0.717) is 0 Å². The Morgan fingerprint density at radius 3 is 2.29 bits per heavy atom. The van der Waals surface area contributed by atoms with E-state index in [0.717, 1.165) is 23.8 Å². The maximum Gasteiger partial charge on any atom is 0.416 e. The van der Waals surface area contributed by atoms with Crippen LogP contribution in [-0.4, -0.2) is 17.9 Å². The lowest BCUT2D eigenvalue weighted by atomic mass is 10.0. The zero-order valence-corrected chi connectivity index (χ0v) is 12.5. The molecule has 0 saturated carbocycles. The van der Waals surface area contributed by atoms with Gasteiger partial charge in [-0.1, -0.05) is 36.4 Å². The van der Waals surface area contributed by atoms with Gasteiger partial charge in [-0.05, 0) is 23.8 Å². The first kappa shape index (κ1) is 17.5. The summed E-state index contributed by atoms with van der Waals surface area (Å²) in [4.78, 5) is 23.7. The normalized spacial score (nSPS) is 12.5. The van der Waals surface area contributed by atoms with Gasteiger partial charge >= 0.3 is 6.18 Å². The van der Waals surface area contributed by atoms with Gasteiger partial charge in [-0.3, -0.25) is 9.59 Å². The molecule has 2 aromatic carbocycles. The molecular formula is C17H15F3N2O2. The predicted octanol–water partition coefficient (Wildman–Crippen LogP) is 2.53. The highest BCUT2D eigenvalue weighted by molar-refractivity contribution is 5.97. The number of rotatable bonds is 5. The standard InChI is InChI=1S/C17H15F3N2O2/c18-17(19,20)13-8-4-7-12(10-13)16(24)22-14(15(21)23)9-11-5-2-1-3-6-11/h1-8,10,14H,9H2,(H2,21,23)(H,22,24)/t14-/m1/s1. The van der Waals surface area contributed by atoms with Crippen molar-refractivity contribution in [1.29, 1.82) is 0 Å². The molecule has 2 aromatic rings. The quantitative estimate of drug-likeness (QED) is 0.881. The molecule has 2 rings (SSSR count). The van der Waals surface area contributed by atoms with Crippen LogP contribution in [0.15, 0.2) is 54.6 Å². The number of hydrogen-bond acceptors (Lipinski definition) is 2. The monoisotopic (exact) mass is 336 g/mol. The van der Waals surface area contributed by atoms with Gasteiger partial charge in [0.25, 0.3) is 5.91 Å². The van der Waals surface area contributed by atoms with E-state index in [2.05, 4.69) is 5.32 Å². The Hall–Kier alpha value is -2.83. The zero-order valence-electron chi connectivity index (χ0n) is 12.5. The van der Waals surface area contributed by atoms with Gasteiger partial charge in [0.1, 0.15) is 6.04 Å². The molecule has 0 aliphatic carbocycles. The molecule has 1 atom stereocenters. The number of halogens is 3. The smallest absolute Gasteiger partial charge is 0.368 e. The molecule has 0 aliphatic heterocycles. The molecule has 0 heterocycles. The number of hydrogen-bond donors (Lipinski definition) is 2. The van der Waals surface area contributed by atoms with Gasteiger partial charge in [-0.2, -0.15) is 13.2 Å². The molecule has 0 unspecified atom stereocenters. The van der Waals surface area contributed by atoms with Crippen molar-refractivity contribution in [1.82, 2.24) is 5.32 Å². The number of nitrogens with two attached hydrogens (primary N) is 1. The average Bonchev–Trinajstić information content (AvgIpc) is 2.54. The SMILES string of the molecule is NC(=O)[C@@H](Cc1ccccc1)NC(=O)c1cccc(C(F)(F)F)c1. The first-order chi connectivity index (χ1) is 11.3. The van der Waals surface area contributed by atoms with Crippen LogP contribution in [0.25, 0.3) is 0 Å². The number of carbonyl (C=O) groups is 2. The first-order valence-electron chi connectivity index (χ1n) is 7.09. The maximum atomic E-state index is 12.7. The number of alkyl halides is 3. The minimum atomic E-state index is -4.55. The third-order valence-electron chi connectivity index (χ3n) is 3.38. The summed E-state index contributed by atoms with van der Waals surface area (Å²) in [6.07, 6.45) is -4.40. The van der Waals surface area contributed by atoms with E-state index < -0.39 is 29.6 Å². The zero-order chi connectivity index (χ0) is 17.7. The van der Waals surface area contributed by atoms with Crippen molar-refractivity contribution >= 4 is 11.8 Å². The Balaban J connectivity index is 2.15. The van der Waals surface area contributed by atoms with Crippen molar-refractivity contribution < 1.29 is 22.8 Å². The van der Waals surface area contributed by atoms with Crippen LogP contribution < -0.4 is 11.1 Å². The van der Waals surface area contributed by atoms with E-state index in [-0.39, 0.29) is 12.0 Å². The average molecular weight is 336 g/mol. The van der Waals surface area contributed by atoms with E-state index in [1.165, 1.54) is 6.07 Å². The lowest BCUT2D eigenvalue weighted by Gasteiger charge is -2.16. The minimum Gasteiger partial charge on any atom is -0.368 e. The number of primary amides is 1. The van der Waals surface area contributed by atoms with Crippen LogP contribution in [0.2, 0.25) is 0 Å². The second-order valence-corrected chi connectivity index (χ2v) is 5.20. The van der Waals surface area contributed by atoms with Crippen molar-refractivity contribution in [2.24, 2.45) is 5.73 Å². The maximum absolute atomic E-state index is 12.7. The van der Waals surface area contributed by atoms with Crippen LogP contribution in [0.5, 0.6) is 0 Å². The first-order valence-corrected chi connectivity index (χ1v) is 7.09. The second-order valence-electron chi connectivity index (χ2n) is 5.20. The van der Waals surface area contributed by atoms with Crippen molar-refractivity contribution in [3.63, 3.8) is 0 Å². The van der Waals surface area contributed by atoms with Crippen LogP contribution in [0.4, 0.5) is 13.2 Å². The van der Waals surface area contributed by atoms with Crippen molar-refractivity contribution in [2.75, 3.05) is 0 Å². The van der Waals surface area contributed by atoms with E-state index in [1.54, 1.807) is 30.3 Å². The van der Waals surface area contributed by atoms with Crippen LogP contribution in [0, 0.1) is 0 Å². The third kappa shape index (κ3) is 4.58. The molecule has 24 heavy (non-hydrogen) atoms. The van der Waals surface area contributed by atoms with Gasteiger partial charge < -0.3 is 11.1 Å². The second kappa shape index (κ2) is 7.16. The van der Waals surface area contributed by atoms with Crippen LogP contribution in [-0.2, 0) is 17.4 Å². The molecule has 7 heteroatoms. The largest absolute Gasteiger partial charge is 0.416 e. The summed E-state index contributed by atoms with van der Waals surface area (Å²) in [7, 11) is 0. The molecule has 3 N–H and O–H groups in total. The van der Waals surface area contributed by atoms with E-state index >= 15 is 0 Å². The highest BCUT2D eigenvalue weighted by Gasteiger charge is 2.31. The molecule has 0 aliphatic rings. The third-order valence-corrected chi connectivity index (χ3v) is 3.38. The van der Waals surface area contributed by atoms with E-state index in [9.17, 15) is 22.8 Å². The Morgan fingerprint density at radius 2 is 1.71 bits per heavy atom. The number of nitrogens with one attached hydrogen (secondary N) is 1. The topological polar surface area (TPSA) is 72.2 Å². The Morgan fingerprint density at radius 1 is 1.04 bits per heavy atom. The lowest BCUT2D eigenvalue weighted by molar-refractivity contribution is -0.137. The number of benzene rings is 2. The fourth-order valence-corrected chi connectivity index (χ4v) is 2.15. The highest BCUT2D eigenvalue weighted by Crippen LogP contribution is 2.29. The van der Waals surface area contributed by atoms with Crippen LogP contribution in [0.3, 0.4) is 0 Å². The van der Waals surface area contributed by atoms with Gasteiger partial charge in [0.2, 0.25) is 5.91 Å². The fraction of sp³-hybridized carbons (Fsp3) is 0.176. The van der Waals surface area contributed by atoms with E-state index in [1.807, 2.05) is 0 Å². The summed E-state index contributed by atoms with van der Waals surface area (Å²) in [6, 6.07) is 11.8. The summed E-state index contributed by atoms with van der Waals surface area (Å²) in [5.74, 6) is -1.56. The predicted molar refractivity (Wildman–Crippen MR) is 82.0 cm³/mol. The molecule has 4 nitrogen and oxygen atoms in total. The Labute approximate surface area is 136 Å². The molecular weight excluding hydrogens is 321 g/mol. The van der Waals surface area contributed by atoms with Gasteiger partial charge in [-0.15, -0.1) is 0 Å². The lowest BCUT2D eigenvalue weighted by Crippen LogP contribution is -2.45. The molecule has 126 valence electrons. The van der Waals surface area contributed by atoms with Crippen LogP contribution >= 0.6 is 0 Å². The van der Waals surface area contributed by atoms with Gasteiger partial charge in [0.05, 0.1) is 5.56 Å². The van der Waals surface area contributed by atoms with Gasteiger partial charge in [-0.25, -0.2) is 0 Å². The fourth-order valence-electron chi connectivity index (χ4n) is 2.15. The summed E-state index contributed by atoms with van der Waals surface area (Å²) in [6.45, 7) is 0. The number of amides is 2. The Bertz CT molecular complexity index is 730. The summed E-state index contributed by atoms with van der Waals surface area (Å²) in [5.41, 5.74) is 4.92. The molecule has 0 aromatic heterocycles. The summed E-state index contributed by atoms with van der Waals surface area (Å²) in [5, 5.41) is 2.38. The molecule has 0 fully saturated rings. The van der Waals surface area contributed by atoms with Crippen molar-refractivity contribution in [3.8, 4) is 0 Å². The number of carbonyl (C=O) groups excluding carboxylic acids is 2. The minimum absolute atomic E-state index is 0.154. The van der Waals surface area contributed by atoms with Gasteiger partial charge in [0.15, 0.2) is 0 Å². The molecule has 2 amide bonds. The highest BCUT2D eigenvalue weighted by atomic mass is 19.4. The summed E-state index contributed by atoms with van der Waals surface area (Å²) < 4.78 is 38.1. The van der Waals surface area contributed by atoms with Crippen molar-refractivity contribution in [2.45, 2.75) is 18.6 Å². The van der Waals surface area contributed by atoms with E-state index in [4.69, 9.17) is 5.73 Å². The van der Waals surface area contributed by atoms with Gasteiger partial charge in [0, 0.05) is 12.0 Å². The van der Waals surface area contributed by atoms with Crippen LogP contribution in [0.1, 0.15) is 21.5 Å². The Kier molecular flexibility index (Phi) is 5.23. The molecule has 0 saturated heterocycles. The molecule has 0 bridgehead atoms. The summed E-state index contributed by atoms with van der Waals surface area (Å²) >= 11 is 0. The van der Waals surface area contributed by atoms with Crippen molar-refractivity contribution in [3.05, 3.63) is 71.3 Å². The molecule has 0 spiro atoms.